The first-order valence-electron chi connectivity index (χ1n) is 9.23. The first-order chi connectivity index (χ1) is 14.0. The molecule has 1 fully saturated rings. The van der Waals surface area contributed by atoms with Gasteiger partial charge in [0.1, 0.15) is 6.54 Å². The molecule has 0 aliphatic carbocycles. The molecule has 1 aliphatic heterocycles. The summed E-state index contributed by atoms with van der Waals surface area (Å²) in [5.41, 5.74) is 2.76. The van der Waals surface area contributed by atoms with Crippen molar-refractivity contribution in [2.75, 3.05) is 19.7 Å². The largest absolute Gasteiger partial charge is 0.395 e. The van der Waals surface area contributed by atoms with Crippen molar-refractivity contribution in [2.24, 2.45) is 0 Å². The normalized spacial score (nSPS) is 15.2. The van der Waals surface area contributed by atoms with Crippen LogP contribution >= 0.6 is 11.8 Å². The van der Waals surface area contributed by atoms with Gasteiger partial charge in [-0.05, 0) is 41.5 Å². The molecule has 0 spiro atoms. The highest BCUT2D eigenvalue weighted by Gasteiger charge is 2.37. The molecule has 2 aromatic rings. The number of rotatable bonds is 7. The number of hydrogen-bond donors (Lipinski definition) is 1. The average Bonchev–Trinajstić information content (AvgIpc) is 2.97. The molecule has 1 heterocycles. The fourth-order valence-electron chi connectivity index (χ4n) is 2.98. The molecule has 3 rings (SSSR count). The lowest BCUT2D eigenvalue weighted by Crippen LogP contribution is -2.42. The van der Waals surface area contributed by atoms with Crippen LogP contribution in [0.3, 0.4) is 0 Å². The van der Waals surface area contributed by atoms with Gasteiger partial charge in [-0.15, -0.1) is 0 Å². The van der Waals surface area contributed by atoms with E-state index < -0.39 is 11.1 Å². The summed E-state index contributed by atoms with van der Waals surface area (Å²) in [5, 5.41) is 8.84. The molecule has 1 saturated heterocycles. The summed E-state index contributed by atoms with van der Waals surface area (Å²) in [7, 11) is 0. The lowest BCUT2D eigenvalue weighted by molar-refractivity contribution is -0.136. The minimum atomic E-state index is -0.472. The van der Waals surface area contributed by atoms with E-state index in [0.29, 0.717) is 11.4 Å². The fraction of sp³-hybridized carbons (Fsp3) is 0.227. The van der Waals surface area contributed by atoms with E-state index >= 15 is 0 Å². The first kappa shape index (κ1) is 20.8. The van der Waals surface area contributed by atoms with Crippen molar-refractivity contribution < 1.29 is 19.5 Å². The van der Waals surface area contributed by atoms with E-state index in [0.717, 1.165) is 33.4 Å². The maximum absolute atomic E-state index is 12.7. The van der Waals surface area contributed by atoms with E-state index in [1.165, 1.54) is 4.90 Å². The summed E-state index contributed by atoms with van der Waals surface area (Å²) in [6, 6.07) is 16.9. The topological polar surface area (TPSA) is 77.9 Å². The van der Waals surface area contributed by atoms with Crippen LogP contribution in [-0.2, 0) is 16.1 Å². The van der Waals surface area contributed by atoms with Crippen LogP contribution in [0.15, 0.2) is 59.5 Å². The fourth-order valence-corrected chi connectivity index (χ4v) is 3.81. The van der Waals surface area contributed by atoms with Crippen molar-refractivity contribution in [2.45, 2.75) is 13.5 Å². The molecule has 0 atom stereocenters. The van der Waals surface area contributed by atoms with Gasteiger partial charge >= 0.3 is 0 Å². The zero-order chi connectivity index (χ0) is 20.8. The van der Waals surface area contributed by atoms with Gasteiger partial charge in [0.25, 0.3) is 11.1 Å². The Morgan fingerprint density at radius 3 is 2.48 bits per heavy atom. The summed E-state index contributed by atoms with van der Waals surface area (Å²) in [6.45, 7) is 1.81. The van der Waals surface area contributed by atoms with Gasteiger partial charge in [0, 0.05) is 13.1 Å². The number of aryl methyl sites for hydroxylation is 1. The van der Waals surface area contributed by atoms with Crippen LogP contribution in [0.5, 0.6) is 0 Å². The highest BCUT2D eigenvalue weighted by molar-refractivity contribution is 8.18. The highest BCUT2D eigenvalue weighted by Crippen LogP contribution is 2.32. The van der Waals surface area contributed by atoms with E-state index in [1.807, 2.05) is 61.5 Å². The molecule has 0 unspecified atom stereocenters. The third-order valence-electron chi connectivity index (χ3n) is 4.58. The van der Waals surface area contributed by atoms with Crippen molar-refractivity contribution in [1.82, 2.24) is 9.80 Å². The number of aliphatic hydroxyl groups excluding tert-OH is 1. The summed E-state index contributed by atoms with van der Waals surface area (Å²) >= 11 is 0.835. The number of nitrogens with zero attached hydrogens (tertiary/aromatic N) is 2. The minimum Gasteiger partial charge on any atom is -0.395 e. The molecule has 0 saturated carbocycles. The van der Waals surface area contributed by atoms with Crippen molar-refractivity contribution in [3.05, 3.63) is 76.2 Å². The van der Waals surface area contributed by atoms with Crippen molar-refractivity contribution in [1.29, 1.82) is 0 Å². The van der Waals surface area contributed by atoms with Crippen LogP contribution < -0.4 is 0 Å². The predicted octanol–water partition coefficient (Wildman–Crippen LogP) is 3.05. The summed E-state index contributed by atoms with van der Waals surface area (Å²) in [4.78, 5) is 40.5. The van der Waals surface area contributed by atoms with Crippen LogP contribution in [0.25, 0.3) is 6.08 Å². The molecular formula is C22H22N2O4S. The Bertz CT molecular complexity index is 943. The third-order valence-corrected chi connectivity index (χ3v) is 5.49. The zero-order valence-electron chi connectivity index (χ0n) is 16.1. The van der Waals surface area contributed by atoms with Crippen LogP contribution in [0.4, 0.5) is 4.79 Å². The Balaban J connectivity index is 1.72. The van der Waals surface area contributed by atoms with Crippen molar-refractivity contribution in [3.63, 3.8) is 0 Å². The third kappa shape index (κ3) is 5.13. The summed E-state index contributed by atoms with van der Waals surface area (Å²) < 4.78 is 0. The second kappa shape index (κ2) is 9.54. The number of amides is 3. The van der Waals surface area contributed by atoms with E-state index in [-0.39, 0.29) is 25.6 Å². The Morgan fingerprint density at radius 2 is 1.79 bits per heavy atom. The molecule has 0 radical (unpaired) electrons. The van der Waals surface area contributed by atoms with Gasteiger partial charge in [-0.3, -0.25) is 19.3 Å². The van der Waals surface area contributed by atoms with Gasteiger partial charge in [0.15, 0.2) is 0 Å². The Morgan fingerprint density at radius 1 is 1.10 bits per heavy atom. The van der Waals surface area contributed by atoms with Gasteiger partial charge in [-0.25, -0.2) is 0 Å². The molecule has 3 amide bonds. The maximum atomic E-state index is 12.7. The van der Waals surface area contributed by atoms with Crippen LogP contribution in [0, 0.1) is 6.92 Å². The lowest BCUT2D eigenvalue weighted by Gasteiger charge is -2.24. The molecule has 6 nitrogen and oxygen atoms in total. The van der Waals surface area contributed by atoms with Gasteiger partial charge in [-0.1, -0.05) is 54.6 Å². The molecule has 29 heavy (non-hydrogen) atoms. The van der Waals surface area contributed by atoms with Gasteiger partial charge < -0.3 is 10.0 Å². The van der Waals surface area contributed by atoms with Gasteiger partial charge in [0.2, 0.25) is 5.91 Å². The number of benzene rings is 2. The minimum absolute atomic E-state index is 0.128. The van der Waals surface area contributed by atoms with E-state index in [1.54, 1.807) is 6.08 Å². The van der Waals surface area contributed by atoms with E-state index in [4.69, 9.17) is 0 Å². The number of carbonyl (C=O) groups is 3. The Hall–Kier alpha value is -2.90. The van der Waals surface area contributed by atoms with Crippen LogP contribution in [0.2, 0.25) is 0 Å². The number of aliphatic hydroxyl groups is 1. The van der Waals surface area contributed by atoms with Crippen molar-refractivity contribution >= 4 is 34.9 Å². The molecular weight excluding hydrogens is 388 g/mol. The lowest BCUT2D eigenvalue weighted by atomic mass is 10.1. The maximum Gasteiger partial charge on any atom is 0.294 e. The molecule has 7 heteroatoms. The second-order valence-electron chi connectivity index (χ2n) is 6.65. The van der Waals surface area contributed by atoms with E-state index in [9.17, 15) is 19.5 Å². The molecule has 0 bridgehead atoms. The van der Waals surface area contributed by atoms with Gasteiger partial charge in [-0.2, -0.15) is 0 Å². The molecule has 0 aromatic heterocycles. The predicted molar refractivity (Wildman–Crippen MR) is 113 cm³/mol. The quantitative estimate of drug-likeness (QED) is 0.710. The highest BCUT2D eigenvalue weighted by atomic mass is 32.2. The number of thioether (sulfide) groups is 1. The van der Waals surface area contributed by atoms with Crippen molar-refractivity contribution in [3.8, 4) is 0 Å². The van der Waals surface area contributed by atoms with Gasteiger partial charge in [0.05, 0.1) is 11.5 Å². The second-order valence-corrected chi connectivity index (χ2v) is 7.64. The summed E-state index contributed by atoms with van der Waals surface area (Å²) in [6.07, 6.45) is 1.68. The SMILES string of the molecule is Cc1ccccc1/C=C1\SC(=O)N(CC(=O)N(CCO)Cc2ccccc2)C1=O. The Kier molecular flexibility index (Phi) is 6.85. The number of carbonyl (C=O) groups excluding carboxylic acids is 3. The Labute approximate surface area is 173 Å². The van der Waals surface area contributed by atoms with Crippen LogP contribution in [0.1, 0.15) is 16.7 Å². The number of hydrogen-bond acceptors (Lipinski definition) is 5. The average molecular weight is 410 g/mol. The standard InChI is InChI=1S/C22H22N2O4S/c1-16-7-5-6-10-18(16)13-19-21(27)24(22(28)29-19)15-20(26)23(11-12-25)14-17-8-3-2-4-9-17/h2-10,13,25H,11-12,14-15H2,1H3/b19-13-. The van der Waals surface area contributed by atoms with Crippen LogP contribution in [-0.4, -0.2) is 51.7 Å². The molecule has 1 N–H and O–H groups in total. The summed E-state index contributed by atoms with van der Waals surface area (Å²) in [5.74, 6) is -0.859. The monoisotopic (exact) mass is 410 g/mol. The molecule has 1 aliphatic rings. The smallest absolute Gasteiger partial charge is 0.294 e. The molecule has 2 aromatic carbocycles. The van der Waals surface area contributed by atoms with E-state index in [2.05, 4.69) is 0 Å². The zero-order valence-corrected chi connectivity index (χ0v) is 16.9. The first-order valence-corrected chi connectivity index (χ1v) is 10.0. The molecule has 150 valence electrons. The number of imide groups is 1.